The number of nitrogens with zero attached hydrogens (tertiary/aromatic N) is 3. The Kier molecular flexibility index (Phi) is 3.96. The lowest BCUT2D eigenvalue weighted by Crippen LogP contribution is -2.32. The summed E-state index contributed by atoms with van der Waals surface area (Å²) in [7, 11) is 4.02. The van der Waals surface area contributed by atoms with Crippen molar-refractivity contribution >= 4 is 17.3 Å². The zero-order chi connectivity index (χ0) is 17.6. The molecule has 130 valence electrons. The van der Waals surface area contributed by atoms with Crippen molar-refractivity contribution < 1.29 is 9.18 Å². The monoisotopic (exact) mass is 339 g/mol. The summed E-state index contributed by atoms with van der Waals surface area (Å²) in [6.45, 7) is 0.911. The molecule has 4 rings (SSSR count). The number of hydrogen-bond acceptors (Lipinski definition) is 3. The van der Waals surface area contributed by atoms with Crippen molar-refractivity contribution in [2.45, 2.75) is 25.0 Å². The third-order valence-electron chi connectivity index (χ3n) is 5.19. The minimum Gasteiger partial charge on any atom is -0.378 e. The molecule has 1 amide bonds. The standard InChI is InChI=1S/C20H22FN3O/c1-22(2)16-9-5-14(6-10-16)19-23-13-3-4-18(23)20(25)24(19)17-11-7-15(21)8-12-17/h5-12,18-19H,3-4,13H2,1-2H3/t18-,19+/m0/s1. The van der Waals surface area contributed by atoms with Crippen molar-refractivity contribution in [3.63, 3.8) is 0 Å². The second kappa shape index (κ2) is 6.15. The molecular weight excluding hydrogens is 317 g/mol. The molecule has 0 radical (unpaired) electrons. The highest BCUT2D eigenvalue weighted by atomic mass is 19.1. The second-order valence-electron chi connectivity index (χ2n) is 6.94. The smallest absolute Gasteiger partial charge is 0.246 e. The number of anilines is 2. The van der Waals surface area contributed by atoms with Gasteiger partial charge in [-0.15, -0.1) is 0 Å². The van der Waals surface area contributed by atoms with Crippen molar-refractivity contribution in [2.75, 3.05) is 30.4 Å². The zero-order valence-electron chi connectivity index (χ0n) is 14.5. The average Bonchev–Trinajstić information content (AvgIpc) is 3.18. The molecule has 2 aromatic rings. The number of hydrogen-bond donors (Lipinski definition) is 0. The van der Waals surface area contributed by atoms with Gasteiger partial charge in [0.25, 0.3) is 0 Å². The van der Waals surface area contributed by atoms with Crippen molar-refractivity contribution in [3.05, 3.63) is 59.9 Å². The Hall–Kier alpha value is -2.40. The second-order valence-corrected chi connectivity index (χ2v) is 6.94. The molecule has 0 aliphatic carbocycles. The van der Waals surface area contributed by atoms with E-state index >= 15 is 0 Å². The number of fused-ring (bicyclic) bond motifs is 1. The molecule has 0 spiro atoms. The van der Waals surface area contributed by atoms with Crippen LogP contribution >= 0.6 is 0 Å². The van der Waals surface area contributed by atoms with Gasteiger partial charge in [-0.25, -0.2) is 4.39 Å². The molecule has 0 N–H and O–H groups in total. The maximum absolute atomic E-state index is 13.3. The first-order chi connectivity index (χ1) is 12.1. The highest BCUT2D eigenvalue weighted by molar-refractivity contribution is 6.00. The van der Waals surface area contributed by atoms with E-state index in [1.54, 1.807) is 12.1 Å². The Balaban J connectivity index is 1.75. The lowest BCUT2D eigenvalue weighted by molar-refractivity contribution is -0.119. The number of benzene rings is 2. The van der Waals surface area contributed by atoms with Gasteiger partial charge in [-0.1, -0.05) is 12.1 Å². The normalized spacial score (nSPS) is 23.2. The van der Waals surface area contributed by atoms with Crippen LogP contribution in [0.2, 0.25) is 0 Å². The molecule has 0 saturated carbocycles. The molecule has 2 heterocycles. The van der Waals surface area contributed by atoms with E-state index in [1.807, 2.05) is 19.0 Å². The Morgan fingerprint density at radius 2 is 1.72 bits per heavy atom. The van der Waals surface area contributed by atoms with Gasteiger partial charge in [0.05, 0.1) is 6.04 Å². The number of carbonyl (C=O) groups excluding carboxylic acids is 1. The fourth-order valence-corrected chi connectivity index (χ4v) is 3.93. The van der Waals surface area contributed by atoms with E-state index in [0.29, 0.717) is 0 Å². The minimum atomic E-state index is -0.289. The highest BCUT2D eigenvalue weighted by Crippen LogP contribution is 2.42. The molecule has 4 nitrogen and oxygen atoms in total. The molecule has 5 heteroatoms. The first kappa shape index (κ1) is 16.1. The van der Waals surface area contributed by atoms with E-state index < -0.39 is 0 Å². The van der Waals surface area contributed by atoms with Crippen LogP contribution in [0.25, 0.3) is 0 Å². The third kappa shape index (κ3) is 2.68. The molecule has 2 fully saturated rings. The molecule has 0 bridgehead atoms. The first-order valence-electron chi connectivity index (χ1n) is 8.68. The Morgan fingerprint density at radius 3 is 2.36 bits per heavy atom. The fourth-order valence-electron chi connectivity index (χ4n) is 3.93. The van der Waals surface area contributed by atoms with Gasteiger partial charge < -0.3 is 4.90 Å². The zero-order valence-corrected chi connectivity index (χ0v) is 14.5. The van der Waals surface area contributed by atoms with Crippen molar-refractivity contribution in [1.82, 2.24) is 4.90 Å². The highest BCUT2D eigenvalue weighted by Gasteiger charge is 2.49. The van der Waals surface area contributed by atoms with Gasteiger partial charge in [-0.05, 0) is 54.8 Å². The van der Waals surface area contributed by atoms with Crippen LogP contribution in [0, 0.1) is 5.82 Å². The van der Waals surface area contributed by atoms with Gasteiger partial charge in [0.2, 0.25) is 5.91 Å². The van der Waals surface area contributed by atoms with Crippen LogP contribution in [0.3, 0.4) is 0 Å². The van der Waals surface area contributed by atoms with Gasteiger partial charge in [0.1, 0.15) is 12.0 Å². The van der Waals surface area contributed by atoms with E-state index in [4.69, 9.17) is 0 Å². The number of amides is 1. The van der Waals surface area contributed by atoms with Crippen LogP contribution in [0.4, 0.5) is 15.8 Å². The van der Waals surface area contributed by atoms with Crippen molar-refractivity contribution in [2.24, 2.45) is 0 Å². The average molecular weight is 339 g/mol. The molecule has 2 atom stereocenters. The quantitative estimate of drug-likeness (QED) is 0.857. The molecule has 2 aliphatic heterocycles. The fraction of sp³-hybridized carbons (Fsp3) is 0.350. The van der Waals surface area contributed by atoms with E-state index in [0.717, 1.165) is 36.3 Å². The molecule has 2 aromatic carbocycles. The van der Waals surface area contributed by atoms with Gasteiger partial charge in [0, 0.05) is 32.0 Å². The summed E-state index contributed by atoms with van der Waals surface area (Å²) in [5, 5.41) is 0. The summed E-state index contributed by atoms with van der Waals surface area (Å²) in [6.07, 6.45) is 1.81. The van der Waals surface area contributed by atoms with Crippen molar-refractivity contribution in [1.29, 1.82) is 0 Å². The SMILES string of the molecule is CN(C)c1ccc([C@H]2N(c3ccc(F)cc3)C(=O)[C@@H]3CCCN32)cc1. The number of carbonyl (C=O) groups is 1. The molecule has 2 saturated heterocycles. The summed E-state index contributed by atoms with van der Waals surface area (Å²) in [6, 6.07) is 14.5. The predicted octanol–water partition coefficient (Wildman–Crippen LogP) is 3.40. The lowest BCUT2D eigenvalue weighted by atomic mass is 10.1. The Morgan fingerprint density at radius 1 is 1.04 bits per heavy atom. The van der Waals surface area contributed by atoms with E-state index in [1.165, 1.54) is 12.1 Å². The van der Waals surface area contributed by atoms with Crippen LogP contribution in [-0.2, 0) is 4.79 Å². The molecule has 0 aromatic heterocycles. The summed E-state index contributed by atoms with van der Waals surface area (Å²) >= 11 is 0. The largest absolute Gasteiger partial charge is 0.378 e. The Bertz CT molecular complexity index is 773. The number of halogens is 1. The van der Waals surface area contributed by atoms with Gasteiger partial charge in [0.15, 0.2) is 0 Å². The predicted molar refractivity (Wildman–Crippen MR) is 97.1 cm³/mol. The van der Waals surface area contributed by atoms with Gasteiger partial charge in [-0.2, -0.15) is 0 Å². The summed E-state index contributed by atoms with van der Waals surface area (Å²) in [4.78, 5) is 19.2. The van der Waals surface area contributed by atoms with Gasteiger partial charge in [-0.3, -0.25) is 14.6 Å². The van der Waals surface area contributed by atoms with E-state index in [9.17, 15) is 9.18 Å². The Labute approximate surface area is 147 Å². The molecule has 25 heavy (non-hydrogen) atoms. The van der Waals surface area contributed by atoms with Crippen LogP contribution in [0.15, 0.2) is 48.5 Å². The minimum absolute atomic E-state index is 0.0661. The van der Waals surface area contributed by atoms with Crippen LogP contribution in [0.5, 0.6) is 0 Å². The molecule has 0 unspecified atom stereocenters. The maximum atomic E-state index is 13.3. The van der Waals surface area contributed by atoms with Crippen LogP contribution in [-0.4, -0.2) is 37.5 Å². The lowest BCUT2D eigenvalue weighted by Gasteiger charge is -2.30. The molecular formula is C20H22FN3O. The van der Waals surface area contributed by atoms with E-state index in [-0.39, 0.29) is 23.9 Å². The first-order valence-corrected chi connectivity index (χ1v) is 8.68. The summed E-state index contributed by atoms with van der Waals surface area (Å²) in [5.74, 6) is -0.173. The topological polar surface area (TPSA) is 26.8 Å². The third-order valence-corrected chi connectivity index (χ3v) is 5.19. The van der Waals surface area contributed by atoms with Crippen LogP contribution in [0.1, 0.15) is 24.6 Å². The van der Waals surface area contributed by atoms with Crippen molar-refractivity contribution in [3.8, 4) is 0 Å². The van der Waals surface area contributed by atoms with E-state index in [2.05, 4.69) is 34.1 Å². The van der Waals surface area contributed by atoms with Gasteiger partial charge >= 0.3 is 0 Å². The summed E-state index contributed by atoms with van der Waals surface area (Å²) < 4.78 is 13.3. The molecule has 2 aliphatic rings. The number of rotatable bonds is 3. The van der Waals surface area contributed by atoms with Crippen LogP contribution < -0.4 is 9.80 Å². The summed E-state index contributed by atoms with van der Waals surface area (Å²) in [5.41, 5.74) is 2.97. The maximum Gasteiger partial charge on any atom is 0.246 e.